The van der Waals surface area contributed by atoms with Gasteiger partial charge in [-0.1, -0.05) is 0 Å². The van der Waals surface area contributed by atoms with Crippen molar-refractivity contribution in [2.45, 2.75) is 18.6 Å². The lowest BCUT2D eigenvalue weighted by Gasteiger charge is -2.01. The number of hydrogen-bond donors (Lipinski definition) is 2. The average molecular weight is 156 g/mol. The van der Waals surface area contributed by atoms with Crippen molar-refractivity contribution in [2.24, 2.45) is 0 Å². The first-order chi connectivity index (χ1) is 3.83. The molecule has 0 saturated carbocycles. The molecular weight excluding hydrogens is 145 g/mol. The van der Waals surface area contributed by atoms with Crippen molar-refractivity contribution < 1.29 is 9.50 Å². The SMILES string of the molecule is Cl.OCC1CC(F)CN1. The second-order valence-corrected chi connectivity index (χ2v) is 2.12. The quantitative estimate of drug-likeness (QED) is 0.563. The third-order valence-corrected chi connectivity index (χ3v) is 1.39. The molecule has 0 radical (unpaired) electrons. The molecule has 0 bridgehead atoms. The van der Waals surface area contributed by atoms with Crippen molar-refractivity contribution in [3.05, 3.63) is 0 Å². The summed E-state index contributed by atoms with van der Waals surface area (Å²) in [7, 11) is 0. The van der Waals surface area contributed by atoms with E-state index < -0.39 is 6.17 Å². The smallest absolute Gasteiger partial charge is 0.114 e. The van der Waals surface area contributed by atoms with Crippen LogP contribution >= 0.6 is 12.4 Å². The molecule has 2 N–H and O–H groups in total. The van der Waals surface area contributed by atoms with Crippen molar-refractivity contribution in [2.75, 3.05) is 13.2 Å². The Bertz CT molecular complexity index is 83.4. The van der Waals surface area contributed by atoms with E-state index in [0.29, 0.717) is 13.0 Å². The van der Waals surface area contributed by atoms with Gasteiger partial charge in [0.05, 0.1) is 6.61 Å². The summed E-state index contributed by atoms with van der Waals surface area (Å²) in [6, 6.07) is 0.00463. The summed E-state index contributed by atoms with van der Waals surface area (Å²) in [6.07, 6.45) is -0.275. The first-order valence-corrected chi connectivity index (χ1v) is 2.81. The fourth-order valence-corrected chi connectivity index (χ4v) is 0.909. The number of alkyl halides is 1. The molecule has 1 rings (SSSR count). The molecule has 0 spiro atoms. The van der Waals surface area contributed by atoms with E-state index in [9.17, 15) is 4.39 Å². The van der Waals surface area contributed by atoms with Crippen LogP contribution in [-0.4, -0.2) is 30.5 Å². The third kappa shape index (κ3) is 2.47. The zero-order valence-electron chi connectivity index (χ0n) is 5.01. The first-order valence-electron chi connectivity index (χ1n) is 2.81. The fraction of sp³-hybridized carbons (Fsp3) is 1.00. The van der Waals surface area contributed by atoms with Crippen LogP contribution in [0.3, 0.4) is 0 Å². The van der Waals surface area contributed by atoms with Gasteiger partial charge in [0.2, 0.25) is 0 Å². The molecule has 0 aromatic carbocycles. The summed E-state index contributed by atoms with van der Waals surface area (Å²) in [5, 5.41) is 11.3. The van der Waals surface area contributed by atoms with Crippen LogP contribution in [0.15, 0.2) is 0 Å². The normalized spacial score (nSPS) is 34.0. The molecule has 1 saturated heterocycles. The molecule has 56 valence electrons. The maximum atomic E-state index is 12.2. The maximum Gasteiger partial charge on any atom is 0.114 e. The molecular formula is C5H11ClFNO. The van der Waals surface area contributed by atoms with E-state index in [4.69, 9.17) is 5.11 Å². The molecule has 0 aromatic heterocycles. The topological polar surface area (TPSA) is 32.3 Å². The molecule has 2 atom stereocenters. The van der Waals surface area contributed by atoms with E-state index in [0.717, 1.165) is 0 Å². The summed E-state index contributed by atoms with van der Waals surface area (Å²) in [5.74, 6) is 0. The standard InChI is InChI=1S/C5H10FNO.ClH/c6-4-1-5(3-8)7-2-4;/h4-5,7-8H,1-3H2;1H. The number of halogens is 2. The van der Waals surface area contributed by atoms with Crippen LogP contribution in [0.1, 0.15) is 6.42 Å². The Labute approximate surface area is 59.9 Å². The van der Waals surface area contributed by atoms with E-state index in [1.54, 1.807) is 0 Å². The number of aliphatic hydroxyl groups is 1. The van der Waals surface area contributed by atoms with Gasteiger partial charge in [-0.3, -0.25) is 0 Å². The Balaban J connectivity index is 0.000000640. The van der Waals surface area contributed by atoms with Crippen molar-refractivity contribution in [1.82, 2.24) is 5.32 Å². The summed E-state index contributed by atoms with van der Waals surface area (Å²) in [6.45, 7) is 0.464. The Kier molecular flexibility index (Phi) is 4.10. The van der Waals surface area contributed by atoms with Crippen LogP contribution in [-0.2, 0) is 0 Å². The van der Waals surface area contributed by atoms with E-state index in [-0.39, 0.29) is 25.1 Å². The monoisotopic (exact) mass is 155 g/mol. The van der Waals surface area contributed by atoms with Gasteiger partial charge in [-0.2, -0.15) is 0 Å². The lowest BCUT2D eigenvalue weighted by atomic mass is 10.2. The average Bonchev–Trinajstić information content (AvgIpc) is 2.14. The zero-order chi connectivity index (χ0) is 5.98. The lowest BCUT2D eigenvalue weighted by Crippen LogP contribution is -2.24. The number of nitrogens with one attached hydrogen (secondary N) is 1. The van der Waals surface area contributed by atoms with Gasteiger partial charge in [0.25, 0.3) is 0 Å². The van der Waals surface area contributed by atoms with Gasteiger partial charge >= 0.3 is 0 Å². The molecule has 0 aromatic rings. The first kappa shape index (κ1) is 9.14. The van der Waals surface area contributed by atoms with Gasteiger partial charge in [0.1, 0.15) is 6.17 Å². The molecule has 2 nitrogen and oxygen atoms in total. The second kappa shape index (κ2) is 4.04. The van der Waals surface area contributed by atoms with Gasteiger partial charge in [-0.15, -0.1) is 12.4 Å². The van der Waals surface area contributed by atoms with Gasteiger partial charge < -0.3 is 10.4 Å². The van der Waals surface area contributed by atoms with Crippen LogP contribution in [0, 0.1) is 0 Å². The third-order valence-electron chi connectivity index (χ3n) is 1.39. The van der Waals surface area contributed by atoms with E-state index in [1.807, 2.05) is 0 Å². The number of hydrogen-bond acceptors (Lipinski definition) is 2. The molecule has 4 heteroatoms. The van der Waals surface area contributed by atoms with E-state index in [2.05, 4.69) is 5.32 Å². The molecule has 1 aliphatic heterocycles. The van der Waals surface area contributed by atoms with Crippen LogP contribution in [0.2, 0.25) is 0 Å². The van der Waals surface area contributed by atoms with Gasteiger partial charge in [0, 0.05) is 12.6 Å². The van der Waals surface area contributed by atoms with Crippen LogP contribution in [0.4, 0.5) is 4.39 Å². The highest BCUT2D eigenvalue weighted by atomic mass is 35.5. The lowest BCUT2D eigenvalue weighted by molar-refractivity contribution is 0.248. The molecule has 1 aliphatic rings. The number of rotatable bonds is 1. The molecule has 9 heavy (non-hydrogen) atoms. The molecule has 2 unspecified atom stereocenters. The summed E-state index contributed by atoms with van der Waals surface area (Å²) < 4.78 is 12.2. The van der Waals surface area contributed by atoms with Crippen molar-refractivity contribution in [1.29, 1.82) is 0 Å². The Hall–Kier alpha value is 0.140. The minimum Gasteiger partial charge on any atom is -0.395 e. The molecule has 0 aliphatic carbocycles. The summed E-state index contributed by atoms with van der Waals surface area (Å²) in [5.41, 5.74) is 0. The van der Waals surface area contributed by atoms with Crippen molar-refractivity contribution >= 4 is 12.4 Å². The van der Waals surface area contributed by atoms with Crippen LogP contribution in [0.5, 0.6) is 0 Å². The van der Waals surface area contributed by atoms with Crippen molar-refractivity contribution in [3.8, 4) is 0 Å². The number of aliphatic hydroxyl groups excluding tert-OH is 1. The largest absolute Gasteiger partial charge is 0.395 e. The Morgan fingerprint density at radius 2 is 2.33 bits per heavy atom. The fourth-order valence-electron chi connectivity index (χ4n) is 0.909. The highest BCUT2D eigenvalue weighted by Crippen LogP contribution is 2.08. The van der Waals surface area contributed by atoms with Crippen LogP contribution in [0.25, 0.3) is 0 Å². The Morgan fingerprint density at radius 1 is 1.67 bits per heavy atom. The molecule has 1 fully saturated rings. The highest BCUT2D eigenvalue weighted by Gasteiger charge is 2.21. The minimum atomic E-state index is -0.743. The maximum absolute atomic E-state index is 12.2. The van der Waals surface area contributed by atoms with E-state index in [1.165, 1.54) is 0 Å². The Morgan fingerprint density at radius 3 is 2.56 bits per heavy atom. The zero-order valence-corrected chi connectivity index (χ0v) is 5.83. The predicted octanol–water partition coefficient (Wildman–Crippen LogP) is 0.100. The minimum absolute atomic E-state index is 0. The van der Waals surface area contributed by atoms with Gasteiger partial charge in [0.15, 0.2) is 0 Å². The van der Waals surface area contributed by atoms with E-state index >= 15 is 0 Å². The molecule has 0 amide bonds. The summed E-state index contributed by atoms with van der Waals surface area (Å²) >= 11 is 0. The van der Waals surface area contributed by atoms with Gasteiger partial charge in [-0.05, 0) is 6.42 Å². The van der Waals surface area contributed by atoms with Gasteiger partial charge in [-0.25, -0.2) is 4.39 Å². The highest BCUT2D eigenvalue weighted by molar-refractivity contribution is 5.85. The van der Waals surface area contributed by atoms with Crippen molar-refractivity contribution in [3.63, 3.8) is 0 Å². The summed E-state index contributed by atoms with van der Waals surface area (Å²) in [4.78, 5) is 0. The molecule has 1 heterocycles. The van der Waals surface area contributed by atoms with Crippen LogP contribution < -0.4 is 5.32 Å². The second-order valence-electron chi connectivity index (χ2n) is 2.12. The predicted molar refractivity (Wildman–Crippen MR) is 35.6 cm³/mol.